The fraction of sp³-hybridized carbons (Fsp3) is 0.625. The number of fused-ring (bicyclic) bond motifs is 1. The van der Waals surface area contributed by atoms with Crippen molar-refractivity contribution in [1.82, 2.24) is 4.90 Å². The van der Waals surface area contributed by atoms with Gasteiger partial charge in [0, 0.05) is 38.4 Å². The van der Waals surface area contributed by atoms with Crippen LogP contribution in [0.4, 0.5) is 5.69 Å². The lowest BCUT2D eigenvalue weighted by Crippen LogP contribution is -2.45. The number of rotatable bonds is 2. The van der Waals surface area contributed by atoms with E-state index < -0.39 is 0 Å². The van der Waals surface area contributed by atoms with Gasteiger partial charge in [-0.25, -0.2) is 0 Å². The van der Waals surface area contributed by atoms with Crippen molar-refractivity contribution < 1.29 is 0 Å². The first kappa shape index (κ1) is 12.9. The van der Waals surface area contributed by atoms with Gasteiger partial charge in [0.1, 0.15) is 0 Å². The lowest BCUT2D eigenvalue weighted by molar-refractivity contribution is 0.158. The Labute approximate surface area is 116 Å². The van der Waals surface area contributed by atoms with E-state index in [-0.39, 0.29) is 0 Å². The monoisotopic (exact) mass is 259 g/mol. The third-order valence-electron chi connectivity index (χ3n) is 4.73. The predicted molar refractivity (Wildman–Crippen MR) is 80.4 cm³/mol. The highest BCUT2D eigenvalue weighted by atomic mass is 15.1. The van der Waals surface area contributed by atoms with Gasteiger partial charge in [0.25, 0.3) is 0 Å². The molecule has 2 unspecified atom stereocenters. The lowest BCUT2D eigenvalue weighted by atomic mass is 9.94. The van der Waals surface area contributed by atoms with Crippen molar-refractivity contribution in [2.24, 2.45) is 11.7 Å². The van der Waals surface area contributed by atoms with E-state index in [0.29, 0.717) is 12.0 Å². The summed E-state index contributed by atoms with van der Waals surface area (Å²) in [6, 6.07) is 7.37. The van der Waals surface area contributed by atoms with Crippen molar-refractivity contribution in [2.75, 3.05) is 31.6 Å². The Morgan fingerprint density at radius 1 is 1.32 bits per heavy atom. The molecular weight excluding hydrogens is 234 g/mol. The Balaban J connectivity index is 1.68. The van der Waals surface area contributed by atoms with Gasteiger partial charge in [-0.15, -0.1) is 0 Å². The molecule has 3 nitrogen and oxygen atoms in total. The van der Waals surface area contributed by atoms with Crippen LogP contribution in [-0.2, 0) is 13.0 Å². The summed E-state index contributed by atoms with van der Waals surface area (Å²) in [4.78, 5) is 4.90. The van der Waals surface area contributed by atoms with Crippen molar-refractivity contribution in [1.29, 1.82) is 0 Å². The number of nitrogens with zero attached hydrogens (tertiary/aromatic N) is 2. The molecule has 0 amide bonds. The standard InChI is InChI=1S/C16H25N3/c1-12-10-19(8-6-15(12)17)11-13-3-4-16-14(9-13)5-7-18(16)2/h3-4,9,12,15H,5-8,10-11,17H2,1-2H3. The van der Waals surface area contributed by atoms with Crippen LogP contribution in [0.25, 0.3) is 0 Å². The first-order valence-electron chi connectivity index (χ1n) is 7.44. The fourth-order valence-electron chi connectivity index (χ4n) is 3.37. The Morgan fingerprint density at radius 2 is 2.16 bits per heavy atom. The molecule has 0 aromatic heterocycles. The average molecular weight is 259 g/mol. The first-order valence-corrected chi connectivity index (χ1v) is 7.44. The molecule has 2 aliphatic heterocycles. The number of likely N-dealkylation sites (tertiary alicyclic amines) is 1. The van der Waals surface area contributed by atoms with Crippen molar-refractivity contribution in [2.45, 2.75) is 32.4 Å². The highest BCUT2D eigenvalue weighted by Crippen LogP contribution is 2.28. The first-order chi connectivity index (χ1) is 9.13. The maximum absolute atomic E-state index is 6.09. The Morgan fingerprint density at radius 3 is 2.95 bits per heavy atom. The van der Waals surface area contributed by atoms with Crippen LogP contribution in [-0.4, -0.2) is 37.6 Å². The highest BCUT2D eigenvalue weighted by Gasteiger charge is 2.23. The second-order valence-electron chi connectivity index (χ2n) is 6.30. The minimum Gasteiger partial charge on any atom is -0.374 e. The molecule has 0 saturated carbocycles. The van der Waals surface area contributed by atoms with Crippen LogP contribution in [0.2, 0.25) is 0 Å². The molecule has 2 heterocycles. The van der Waals surface area contributed by atoms with E-state index in [9.17, 15) is 0 Å². The molecule has 0 bridgehead atoms. The van der Waals surface area contributed by atoms with Gasteiger partial charge in [-0.2, -0.15) is 0 Å². The summed E-state index contributed by atoms with van der Waals surface area (Å²) >= 11 is 0. The summed E-state index contributed by atoms with van der Waals surface area (Å²) in [5.74, 6) is 0.620. The molecule has 2 N–H and O–H groups in total. The Bertz CT molecular complexity index is 457. The van der Waals surface area contributed by atoms with E-state index in [4.69, 9.17) is 5.73 Å². The van der Waals surface area contributed by atoms with E-state index in [1.54, 1.807) is 0 Å². The van der Waals surface area contributed by atoms with Gasteiger partial charge in [-0.1, -0.05) is 19.1 Å². The molecule has 19 heavy (non-hydrogen) atoms. The molecule has 1 fully saturated rings. The van der Waals surface area contributed by atoms with Gasteiger partial charge >= 0.3 is 0 Å². The van der Waals surface area contributed by atoms with Gasteiger partial charge in [-0.3, -0.25) is 4.90 Å². The SMILES string of the molecule is CC1CN(Cc2ccc3c(c2)CCN3C)CCC1N. The molecule has 104 valence electrons. The van der Waals surface area contributed by atoms with E-state index >= 15 is 0 Å². The van der Waals surface area contributed by atoms with E-state index in [1.165, 1.54) is 23.2 Å². The zero-order valence-corrected chi connectivity index (χ0v) is 12.1. The van der Waals surface area contributed by atoms with E-state index in [1.807, 2.05) is 0 Å². The van der Waals surface area contributed by atoms with Gasteiger partial charge < -0.3 is 10.6 Å². The number of anilines is 1. The molecule has 1 saturated heterocycles. The van der Waals surface area contributed by atoms with Crippen molar-refractivity contribution in [3.8, 4) is 0 Å². The number of hydrogen-bond donors (Lipinski definition) is 1. The summed E-state index contributed by atoms with van der Waals surface area (Å²) in [6.45, 7) is 6.79. The van der Waals surface area contributed by atoms with Crippen LogP contribution in [0.1, 0.15) is 24.5 Å². The van der Waals surface area contributed by atoms with Crippen LogP contribution in [0.5, 0.6) is 0 Å². The molecule has 0 aliphatic carbocycles. The summed E-state index contributed by atoms with van der Waals surface area (Å²) in [7, 11) is 2.18. The zero-order valence-electron chi connectivity index (χ0n) is 12.1. The van der Waals surface area contributed by atoms with Gasteiger partial charge in [0.2, 0.25) is 0 Å². The third-order valence-corrected chi connectivity index (χ3v) is 4.73. The number of likely N-dealkylation sites (N-methyl/N-ethyl adjacent to an activating group) is 1. The molecule has 2 aliphatic rings. The predicted octanol–water partition coefficient (Wildman–Crippen LogP) is 1.85. The number of hydrogen-bond acceptors (Lipinski definition) is 3. The number of benzene rings is 1. The molecule has 1 aromatic rings. The van der Waals surface area contributed by atoms with Crippen molar-refractivity contribution in [3.05, 3.63) is 29.3 Å². The smallest absolute Gasteiger partial charge is 0.0397 e. The van der Waals surface area contributed by atoms with E-state index in [2.05, 4.69) is 42.0 Å². The molecule has 0 spiro atoms. The van der Waals surface area contributed by atoms with Gasteiger partial charge in [0.15, 0.2) is 0 Å². The largest absolute Gasteiger partial charge is 0.374 e. The lowest BCUT2D eigenvalue weighted by Gasteiger charge is -2.35. The normalized spacial score (nSPS) is 27.6. The number of piperidine rings is 1. The van der Waals surface area contributed by atoms with Gasteiger partial charge in [0.05, 0.1) is 0 Å². The molecule has 2 atom stereocenters. The molecule has 3 heteroatoms. The zero-order chi connectivity index (χ0) is 13.4. The number of nitrogens with two attached hydrogens (primary N) is 1. The Hall–Kier alpha value is -1.06. The fourth-order valence-corrected chi connectivity index (χ4v) is 3.37. The molecule has 0 radical (unpaired) electrons. The second-order valence-corrected chi connectivity index (χ2v) is 6.30. The van der Waals surface area contributed by atoms with Gasteiger partial charge in [-0.05, 0) is 42.5 Å². The minimum absolute atomic E-state index is 0.393. The van der Waals surface area contributed by atoms with Crippen LogP contribution in [0.15, 0.2) is 18.2 Å². The maximum Gasteiger partial charge on any atom is 0.0397 e. The summed E-state index contributed by atoms with van der Waals surface area (Å²) < 4.78 is 0. The maximum atomic E-state index is 6.09. The Kier molecular flexibility index (Phi) is 3.50. The molecule has 3 rings (SSSR count). The topological polar surface area (TPSA) is 32.5 Å². The van der Waals surface area contributed by atoms with Crippen LogP contribution >= 0.6 is 0 Å². The van der Waals surface area contributed by atoms with Crippen molar-refractivity contribution >= 4 is 5.69 Å². The van der Waals surface area contributed by atoms with Crippen molar-refractivity contribution in [3.63, 3.8) is 0 Å². The highest BCUT2D eigenvalue weighted by molar-refractivity contribution is 5.58. The molecule has 1 aromatic carbocycles. The summed E-state index contributed by atoms with van der Waals surface area (Å²) in [5.41, 5.74) is 10.5. The van der Waals surface area contributed by atoms with Crippen LogP contribution in [0.3, 0.4) is 0 Å². The van der Waals surface area contributed by atoms with Crippen LogP contribution < -0.4 is 10.6 Å². The third kappa shape index (κ3) is 2.63. The van der Waals surface area contributed by atoms with E-state index in [0.717, 1.165) is 32.6 Å². The molecular formula is C16H25N3. The van der Waals surface area contributed by atoms with Crippen LogP contribution in [0, 0.1) is 5.92 Å². The summed E-state index contributed by atoms with van der Waals surface area (Å²) in [5, 5.41) is 0. The quantitative estimate of drug-likeness (QED) is 0.880. The second kappa shape index (κ2) is 5.14. The summed E-state index contributed by atoms with van der Waals surface area (Å²) in [6.07, 6.45) is 2.33. The average Bonchev–Trinajstić information content (AvgIpc) is 2.75. The minimum atomic E-state index is 0.393.